The molecule has 0 radical (unpaired) electrons. The van der Waals surface area contributed by atoms with Crippen molar-refractivity contribution in [1.82, 2.24) is 4.90 Å². The summed E-state index contributed by atoms with van der Waals surface area (Å²) in [6.45, 7) is 6.56. The minimum absolute atomic E-state index is 0.184. The van der Waals surface area contributed by atoms with E-state index in [1.165, 1.54) is 6.08 Å². The maximum Gasteiger partial charge on any atom is 0.410 e. The van der Waals surface area contributed by atoms with Gasteiger partial charge in [0.1, 0.15) is 17.5 Å². The Morgan fingerprint density at radius 1 is 1.19 bits per heavy atom. The number of hydrogen-bond donors (Lipinski definition) is 0. The molecule has 0 N–H and O–H groups in total. The Bertz CT molecular complexity index is 654. The maximum absolute atomic E-state index is 12.0. The number of nitrogens with zero attached hydrogens (tertiary/aromatic N) is 1. The van der Waals surface area contributed by atoms with Crippen LogP contribution in [-0.4, -0.2) is 48.9 Å². The van der Waals surface area contributed by atoms with Crippen molar-refractivity contribution in [3.05, 3.63) is 35.9 Å². The average molecular weight is 361 g/mol. The second-order valence-corrected chi connectivity index (χ2v) is 7.21. The molecule has 1 aromatic rings. The molecule has 6 nitrogen and oxygen atoms in total. The van der Waals surface area contributed by atoms with Crippen LogP contribution in [0.1, 0.15) is 39.2 Å². The number of esters is 1. The molecule has 0 atom stereocenters. The van der Waals surface area contributed by atoms with Crippen molar-refractivity contribution in [3.8, 4) is 5.75 Å². The number of hydrogen-bond acceptors (Lipinski definition) is 5. The molecule has 142 valence electrons. The van der Waals surface area contributed by atoms with Crippen LogP contribution in [0.4, 0.5) is 4.79 Å². The van der Waals surface area contributed by atoms with Gasteiger partial charge in [0, 0.05) is 32.0 Å². The van der Waals surface area contributed by atoms with E-state index in [1.54, 1.807) is 18.1 Å². The Hall–Kier alpha value is -2.50. The van der Waals surface area contributed by atoms with Crippen molar-refractivity contribution >= 4 is 18.1 Å². The first-order valence-corrected chi connectivity index (χ1v) is 8.77. The SMILES string of the molecule is COc1cccc(/C=C/C(=O)OC2CCN(C(=O)OC(C)(C)C)CC2)c1. The summed E-state index contributed by atoms with van der Waals surface area (Å²) in [4.78, 5) is 25.7. The van der Waals surface area contributed by atoms with Crippen molar-refractivity contribution in [1.29, 1.82) is 0 Å². The number of benzene rings is 1. The molecular weight excluding hydrogens is 334 g/mol. The van der Waals surface area contributed by atoms with Crippen LogP contribution in [-0.2, 0) is 14.3 Å². The first kappa shape index (κ1) is 19.8. The molecule has 6 heteroatoms. The largest absolute Gasteiger partial charge is 0.497 e. The third kappa shape index (κ3) is 6.43. The minimum atomic E-state index is -0.509. The molecule has 0 aliphatic carbocycles. The Morgan fingerprint density at radius 3 is 2.50 bits per heavy atom. The second kappa shape index (κ2) is 8.74. The van der Waals surface area contributed by atoms with Gasteiger partial charge < -0.3 is 19.1 Å². The normalized spacial score (nSPS) is 15.8. The summed E-state index contributed by atoms with van der Waals surface area (Å²) in [6.07, 6.45) is 3.82. The molecular formula is C20H27NO5. The molecule has 1 heterocycles. The topological polar surface area (TPSA) is 65.1 Å². The minimum Gasteiger partial charge on any atom is -0.497 e. The van der Waals surface area contributed by atoms with Gasteiger partial charge in [-0.05, 0) is 44.5 Å². The zero-order valence-corrected chi connectivity index (χ0v) is 15.9. The summed E-state index contributed by atoms with van der Waals surface area (Å²) in [5.74, 6) is 0.346. The molecule has 0 unspecified atom stereocenters. The van der Waals surface area contributed by atoms with Gasteiger partial charge in [0.2, 0.25) is 0 Å². The standard InChI is InChI=1S/C20H27NO5/c1-20(2,3)26-19(23)21-12-10-16(11-13-21)25-18(22)9-8-15-6-5-7-17(14-15)24-4/h5-9,14,16H,10-13H2,1-4H3/b9-8+. The molecule has 2 rings (SSSR count). The summed E-state index contributed by atoms with van der Waals surface area (Å²) < 4.78 is 16.0. The van der Waals surface area contributed by atoms with Gasteiger partial charge in [0.15, 0.2) is 0 Å². The molecule has 26 heavy (non-hydrogen) atoms. The van der Waals surface area contributed by atoms with E-state index in [2.05, 4.69) is 0 Å². The lowest BCUT2D eigenvalue weighted by Crippen LogP contribution is -2.43. The number of piperidine rings is 1. The van der Waals surface area contributed by atoms with Gasteiger partial charge in [-0.2, -0.15) is 0 Å². The second-order valence-electron chi connectivity index (χ2n) is 7.21. The molecule has 1 amide bonds. The van der Waals surface area contributed by atoms with E-state index in [0.717, 1.165) is 11.3 Å². The maximum atomic E-state index is 12.0. The number of likely N-dealkylation sites (tertiary alicyclic amines) is 1. The molecule has 0 bridgehead atoms. The fraction of sp³-hybridized carbons (Fsp3) is 0.500. The summed E-state index contributed by atoms with van der Waals surface area (Å²) in [5, 5.41) is 0. The quantitative estimate of drug-likeness (QED) is 0.605. The van der Waals surface area contributed by atoms with E-state index in [4.69, 9.17) is 14.2 Å². The fourth-order valence-corrected chi connectivity index (χ4v) is 2.60. The Labute approximate surface area is 154 Å². The summed E-state index contributed by atoms with van der Waals surface area (Å²) in [7, 11) is 1.60. The highest BCUT2D eigenvalue weighted by Crippen LogP contribution is 2.18. The molecule has 0 spiro atoms. The monoisotopic (exact) mass is 361 g/mol. The summed E-state index contributed by atoms with van der Waals surface area (Å²) in [5.41, 5.74) is 0.353. The number of carbonyl (C=O) groups is 2. The van der Waals surface area contributed by atoms with Crippen LogP contribution in [0.15, 0.2) is 30.3 Å². The Balaban J connectivity index is 1.79. The highest BCUT2D eigenvalue weighted by Gasteiger charge is 2.28. The molecule has 1 aliphatic heterocycles. The van der Waals surface area contributed by atoms with Crippen LogP contribution in [0.25, 0.3) is 6.08 Å². The van der Waals surface area contributed by atoms with Crippen molar-refractivity contribution in [2.24, 2.45) is 0 Å². The number of carbonyl (C=O) groups excluding carboxylic acids is 2. The van der Waals surface area contributed by atoms with E-state index in [1.807, 2.05) is 45.0 Å². The van der Waals surface area contributed by atoms with E-state index in [0.29, 0.717) is 25.9 Å². The number of amides is 1. The van der Waals surface area contributed by atoms with Crippen LogP contribution >= 0.6 is 0 Å². The number of methoxy groups -OCH3 is 1. The third-order valence-electron chi connectivity index (χ3n) is 3.88. The van der Waals surface area contributed by atoms with Crippen LogP contribution in [0.2, 0.25) is 0 Å². The van der Waals surface area contributed by atoms with Gasteiger partial charge in [-0.15, -0.1) is 0 Å². The van der Waals surface area contributed by atoms with Gasteiger partial charge >= 0.3 is 12.1 Å². The molecule has 1 aromatic carbocycles. The lowest BCUT2D eigenvalue weighted by molar-refractivity contribution is -0.144. The zero-order chi connectivity index (χ0) is 19.2. The lowest BCUT2D eigenvalue weighted by atomic mass is 10.1. The van der Waals surface area contributed by atoms with Crippen LogP contribution in [0.3, 0.4) is 0 Å². The van der Waals surface area contributed by atoms with E-state index in [-0.39, 0.29) is 18.2 Å². The zero-order valence-electron chi connectivity index (χ0n) is 15.9. The molecule has 1 aliphatic rings. The predicted molar refractivity (Wildman–Crippen MR) is 98.9 cm³/mol. The third-order valence-corrected chi connectivity index (χ3v) is 3.88. The number of rotatable bonds is 4. The van der Waals surface area contributed by atoms with Crippen molar-refractivity contribution < 1.29 is 23.8 Å². The van der Waals surface area contributed by atoms with E-state index < -0.39 is 5.60 Å². The number of ether oxygens (including phenoxy) is 3. The van der Waals surface area contributed by atoms with Gasteiger partial charge in [0.25, 0.3) is 0 Å². The molecule has 1 fully saturated rings. The van der Waals surface area contributed by atoms with Gasteiger partial charge in [-0.25, -0.2) is 9.59 Å². The first-order valence-electron chi connectivity index (χ1n) is 8.77. The van der Waals surface area contributed by atoms with Crippen LogP contribution < -0.4 is 4.74 Å². The van der Waals surface area contributed by atoms with Crippen molar-refractivity contribution in [2.75, 3.05) is 20.2 Å². The molecule has 0 saturated carbocycles. The highest BCUT2D eigenvalue weighted by molar-refractivity contribution is 5.87. The van der Waals surface area contributed by atoms with Gasteiger partial charge in [-0.1, -0.05) is 12.1 Å². The lowest BCUT2D eigenvalue weighted by Gasteiger charge is -2.33. The fourth-order valence-electron chi connectivity index (χ4n) is 2.60. The van der Waals surface area contributed by atoms with E-state index >= 15 is 0 Å². The predicted octanol–water partition coefficient (Wildman–Crippen LogP) is 3.65. The van der Waals surface area contributed by atoms with Crippen molar-refractivity contribution in [2.45, 2.75) is 45.3 Å². The Kier molecular flexibility index (Phi) is 6.66. The first-order chi connectivity index (χ1) is 12.3. The molecule has 1 saturated heterocycles. The molecule has 0 aromatic heterocycles. The van der Waals surface area contributed by atoms with Crippen LogP contribution in [0.5, 0.6) is 5.75 Å². The van der Waals surface area contributed by atoms with Gasteiger partial charge in [-0.3, -0.25) is 0 Å². The van der Waals surface area contributed by atoms with E-state index in [9.17, 15) is 9.59 Å². The average Bonchev–Trinajstić information content (AvgIpc) is 2.59. The Morgan fingerprint density at radius 2 is 1.88 bits per heavy atom. The van der Waals surface area contributed by atoms with Gasteiger partial charge in [0.05, 0.1) is 7.11 Å². The highest BCUT2D eigenvalue weighted by atomic mass is 16.6. The summed E-state index contributed by atoms with van der Waals surface area (Å²) in [6, 6.07) is 7.42. The van der Waals surface area contributed by atoms with Crippen LogP contribution in [0, 0.1) is 0 Å². The van der Waals surface area contributed by atoms with Crippen molar-refractivity contribution in [3.63, 3.8) is 0 Å². The smallest absolute Gasteiger partial charge is 0.410 e. The summed E-state index contributed by atoms with van der Waals surface area (Å²) >= 11 is 0.